The molecule has 0 aliphatic rings. The van der Waals surface area contributed by atoms with Crippen LogP contribution in [0.1, 0.15) is 186 Å². The van der Waals surface area contributed by atoms with E-state index in [-0.39, 0.29) is 38.2 Å². The Labute approximate surface area is 367 Å². The first-order valence-corrected chi connectivity index (χ1v) is 22.6. The number of carboxylic acid groups (broad SMARTS) is 1. The molecule has 0 amide bonds. The molecule has 0 saturated carbocycles. The lowest BCUT2D eigenvalue weighted by molar-refractivity contribution is -0.133. The summed E-state index contributed by atoms with van der Waals surface area (Å²) in [5, 5.41) is 45.7. The van der Waals surface area contributed by atoms with Crippen LogP contribution < -0.4 is 0 Å². The maximum absolute atomic E-state index is 12.8. The highest BCUT2D eigenvalue weighted by atomic mass is 32.2. The van der Waals surface area contributed by atoms with Crippen molar-refractivity contribution in [1.29, 1.82) is 0 Å². The average Bonchev–Trinajstić information content (AvgIpc) is 3.06. The number of carbonyl (C=O) groups is 1. The fourth-order valence-electron chi connectivity index (χ4n) is 8.45. The largest absolute Gasteiger partial charge is 0.507 e. The lowest BCUT2D eigenvalue weighted by Gasteiger charge is -2.38. The number of aliphatic carboxylic acids is 1. The zero-order valence-corrected chi connectivity index (χ0v) is 41.0. The second kappa shape index (κ2) is 16.8. The summed E-state index contributed by atoms with van der Waals surface area (Å²) in [6, 6.07) is 21.3. The first kappa shape index (κ1) is 48.8. The first-order valence-electron chi connectivity index (χ1n) is 21.6. The Bertz CT molecular complexity index is 2010. The Morgan fingerprint density at radius 1 is 0.450 bits per heavy atom. The van der Waals surface area contributed by atoms with Crippen LogP contribution in [-0.4, -0.2) is 32.1 Å². The molecule has 0 bridgehead atoms. The highest BCUT2D eigenvalue weighted by Gasteiger charge is 2.39. The topological polar surface area (TPSA) is 98.0 Å². The third-order valence-corrected chi connectivity index (χ3v) is 13.2. The molecule has 0 atom stereocenters. The molecule has 60 heavy (non-hydrogen) atoms. The van der Waals surface area contributed by atoms with Gasteiger partial charge in [0.25, 0.3) is 0 Å². The molecule has 0 aromatic heterocycles. The van der Waals surface area contributed by atoms with Gasteiger partial charge in [-0.05, 0) is 113 Å². The zero-order chi connectivity index (χ0) is 45.8. The van der Waals surface area contributed by atoms with Crippen molar-refractivity contribution in [3.8, 4) is 17.2 Å². The predicted molar refractivity (Wildman–Crippen MR) is 255 cm³/mol. The summed E-state index contributed by atoms with van der Waals surface area (Å²) in [6.07, 6.45) is 1.55. The van der Waals surface area contributed by atoms with Gasteiger partial charge in [0.1, 0.15) is 17.2 Å². The van der Waals surface area contributed by atoms with Gasteiger partial charge in [-0.3, -0.25) is 4.79 Å². The van der Waals surface area contributed by atoms with Gasteiger partial charge in [-0.1, -0.05) is 185 Å². The number of phenols is 3. The van der Waals surface area contributed by atoms with Crippen LogP contribution in [0.15, 0.2) is 60.7 Å². The fraction of sp³-hybridized carbons (Fsp3) is 0.537. The Balaban J connectivity index is 2.18. The monoisotopic (exact) mass is 837 g/mol. The van der Waals surface area contributed by atoms with Crippen LogP contribution >= 0.6 is 11.8 Å². The Hall–Kier alpha value is -3.90. The van der Waals surface area contributed by atoms with Gasteiger partial charge < -0.3 is 20.4 Å². The van der Waals surface area contributed by atoms with E-state index in [1.54, 1.807) is 0 Å². The lowest BCUT2D eigenvalue weighted by atomic mass is 9.74. The Morgan fingerprint density at radius 3 is 1.02 bits per heavy atom. The SMILES string of the molecule is CC(C)(C)c1cc(Cc2ccccc2C(Cc2cc(C(C)(C)C)c(O)c(C(C)(C)C)c2)(Cc2cc(C(C)(C)C)c(O)c(C(C)(C)C)c2)SCC(=O)O)cc(C(C)(C)C)c1O. The molecule has 0 aliphatic carbocycles. The van der Waals surface area contributed by atoms with E-state index in [4.69, 9.17) is 0 Å². The van der Waals surface area contributed by atoms with Gasteiger partial charge in [-0.15, -0.1) is 11.8 Å². The highest BCUT2D eigenvalue weighted by molar-refractivity contribution is 8.00. The molecular weight excluding hydrogens is 761 g/mol. The molecule has 0 aliphatic heterocycles. The standard InChI is InChI=1S/C54H76O5S/c1-48(2,3)38-24-33(25-39(45(38)57)49(4,5)6)23-36-21-19-20-22-37(36)54(60-32-44(55)56,30-34-26-40(50(7,8)9)46(58)41(27-34)51(10,11)12)31-35-28-42(52(13,14)15)47(59)43(29-35)53(16,17)18/h19-22,24-29,57-59H,23,30-32H2,1-18H3,(H,55,56). The van der Waals surface area contributed by atoms with Crippen LogP contribution in [0.3, 0.4) is 0 Å². The van der Waals surface area contributed by atoms with E-state index in [2.05, 4.69) is 185 Å². The van der Waals surface area contributed by atoms with Gasteiger partial charge in [-0.25, -0.2) is 0 Å². The first-order chi connectivity index (χ1) is 27.1. The third kappa shape index (κ3) is 11.1. The number of hydrogen-bond acceptors (Lipinski definition) is 5. The molecule has 0 radical (unpaired) electrons. The quantitative estimate of drug-likeness (QED) is 0.127. The minimum absolute atomic E-state index is 0.122. The maximum atomic E-state index is 12.8. The van der Waals surface area contributed by atoms with Crippen LogP contribution in [0, 0.1) is 0 Å². The van der Waals surface area contributed by atoms with Gasteiger partial charge in [0.15, 0.2) is 0 Å². The summed E-state index contributed by atoms with van der Waals surface area (Å²) in [6.45, 7) is 38.2. The van der Waals surface area contributed by atoms with Gasteiger partial charge in [0.2, 0.25) is 0 Å². The highest BCUT2D eigenvalue weighted by Crippen LogP contribution is 2.50. The molecule has 0 heterocycles. The third-order valence-electron chi connectivity index (χ3n) is 11.7. The number of rotatable bonds is 10. The summed E-state index contributed by atoms with van der Waals surface area (Å²) in [5.41, 5.74) is 8.46. The van der Waals surface area contributed by atoms with Gasteiger partial charge >= 0.3 is 5.97 Å². The Morgan fingerprint density at radius 2 is 0.733 bits per heavy atom. The summed E-state index contributed by atoms with van der Waals surface area (Å²) in [5.74, 6) is -0.0575. The van der Waals surface area contributed by atoms with Crippen molar-refractivity contribution >= 4 is 17.7 Å². The molecule has 5 nitrogen and oxygen atoms in total. The minimum atomic E-state index is -0.891. The second-order valence-electron chi connectivity index (χ2n) is 23.5. The maximum Gasteiger partial charge on any atom is 0.313 e. The van der Waals surface area contributed by atoms with E-state index in [0.717, 1.165) is 61.2 Å². The number of thioether (sulfide) groups is 1. The van der Waals surface area contributed by atoms with Gasteiger partial charge in [-0.2, -0.15) is 0 Å². The smallest absolute Gasteiger partial charge is 0.313 e. The summed E-state index contributed by atoms with van der Waals surface area (Å²) in [7, 11) is 0. The van der Waals surface area contributed by atoms with Crippen LogP contribution in [0.2, 0.25) is 0 Å². The summed E-state index contributed by atoms with van der Waals surface area (Å²) < 4.78 is -0.811. The molecule has 0 saturated heterocycles. The predicted octanol–water partition coefficient (Wildman–Crippen LogP) is 13.7. The summed E-state index contributed by atoms with van der Waals surface area (Å²) >= 11 is 1.46. The molecule has 0 spiro atoms. The van der Waals surface area contributed by atoms with Crippen molar-refractivity contribution in [2.75, 3.05) is 5.75 Å². The number of carboxylic acids is 1. The van der Waals surface area contributed by atoms with Crippen molar-refractivity contribution in [2.45, 2.75) is 181 Å². The molecule has 4 aromatic rings. The molecular formula is C54H76O5S. The molecule has 6 heteroatoms. The number of aromatic hydroxyl groups is 3. The second-order valence-corrected chi connectivity index (χ2v) is 24.8. The van der Waals surface area contributed by atoms with Gasteiger partial charge in [0.05, 0.1) is 5.75 Å². The molecule has 4 N–H and O–H groups in total. The lowest BCUT2D eigenvalue weighted by Crippen LogP contribution is -2.32. The van der Waals surface area contributed by atoms with E-state index >= 15 is 0 Å². The van der Waals surface area contributed by atoms with Crippen LogP contribution in [0.25, 0.3) is 0 Å². The van der Waals surface area contributed by atoms with E-state index in [9.17, 15) is 25.2 Å². The summed E-state index contributed by atoms with van der Waals surface area (Å²) in [4.78, 5) is 12.8. The zero-order valence-electron chi connectivity index (χ0n) is 40.2. The minimum Gasteiger partial charge on any atom is -0.507 e. The average molecular weight is 837 g/mol. The van der Waals surface area contributed by atoms with E-state index in [1.807, 2.05) is 0 Å². The molecule has 0 unspecified atom stereocenters. The number of hydrogen-bond donors (Lipinski definition) is 4. The fourth-order valence-corrected chi connectivity index (χ4v) is 9.74. The molecule has 328 valence electrons. The van der Waals surface area contributed by atoms with Crippen LogP contribution in [0.5, 0.6) is 17.2 Å². The normalized spacial score (nSPS) is 13.5. The molecule has 0 fully saturated rings. The number of benzene rings is 4. The molecule has 4 aromatic carbocycles. The van der Waals surface area contributed by atoms with E-state index < -0.39 is 10.7 Å². The van der Waals surface area contributed by atoms with Crippen molar-refractivity contribution in [2.24, 2.45) is 0 Å². The van der Waals surface area contributed by atoms with Crippen LogP contribution in [-0.2, 0) is 61.3 Å². The van der Waals surface area contributed by atoms with Crippen molar-refractivity contribution in [1.82, 2.24) is 0 Å². The Kier molecular flexibility index (Phi) is 13.6. The van der Waals surface area contributed by atoms with E-state index in [0.29, 0.717) is 36.5 Å². The van der Waals surface area contributed by atoms with E-state index in [1.165, 1.54) is 11.8 Å². The van der Waals surface area contributed by atoms with Crippen molar-refractivity contribution in [3.05, 3.63) is 122 Å². The van der Waals surface area contributed by atoms with Crippen LogP contribution in [0.4, 0.5) is 0 Å². The van der Waals surface area contributed by atoms with Gasteiger partial charge in [0, 0.05) is 4.75 Å². The molecule has 4 rings (SSSR count). The van der Waals surface area contributed by atoms with Crippen molar-refractivity contribution in [3.63, 3.8) is 0 Å². The number of phenolic OH excluding ortho intramolecular Hbond substituents is 3. The van der Waals surface area contributed by atoms with Crippen molar-refractivity contribution < 1.29 is 25.2 Å².